The molecular formula is C11H24AlNO. The summed E-state index contributed by atoms with van der Waals surface area (Å²) in [4.78, 5) is 0. The van der Waals surface area contributed by atoms with Gasteiger partial charge in [0.1, 0.15) is 0 Å². The first-order valence-electron chi connectivity index (χ1n) is 5.22. The Balaban J connectivity index is 4.69. The summed E-state index contributed by atoms with van der Waals surface area (Å²) in [6.45, 7) is 17.4. The van der Waals surface area contributed by atoms with E-state index in [-0.39, 0.29) is 8.55 Å². The van der Waals surface area contributed by atoms with Crippen molar-refractivity contribution < 1.29 is 3.89 Å². The zero-order valence-electron chi connectivity index (χ0n) is 10.9. The van der Waals surface area contributed by atoms with Gasteiger partial charge in [-0.05, 0) is 22.4 Å². The van der Waals surface area contributed by atoms with Crippen LogP contribution in [0.2, 0.25) is 8.55 Å². The fourth-order valence-corrected chi connectivity index (χ4v) is 5.32. The summed E-state index contributed by atoms with van der Waals surface area (Å²) in [6, 6.07) is 0. The largest absolute Gasteiger partial charge is 0.588 e. The highest BCUT2D eigenvalue weighted by molar-refractivity contribution is 6.58. The second-order valence-electron chi connectivity index (χ2n) is 6.26. The van der Waals surface area contributed by atoms with Crippen LogP contribution in [0.1, 0.15) is 55.4 Å². The molecule has 0 aromatic rings. The molecule has 0 aliphatic carbocycles. The Labute approximate surface area is 93.4 Å². The van der Waals surface area contributed by atoms with Crippen molar-refractivity contribution in [1.29, 1.82) is 0 Å². The molecule has 0 saturated heterocycles. The third-order valence-electron chi connectivity index (χ3n) is 1.91. The molecule has 0 rings (SSSR count). The quantitative estimate of drug-likeness (QED) is 0.386. The van der Waals surface area contributed by atoms with Gasteiger partial charge in [0, 0.05) is 5.71 Å². The van der Waals surface area contributed by atoms with Gasteiger partial charge in [-0.25, -0.2) is 0 Å². The fourth-order valence-electron chi connectivity index (χ4n) is 1.77. The molecule has 0 N–H and O–H groups in total. The molecule has 0 saturated carbocycles. The molecule has 14 heavy (non-hydrogen) atoms. The van der Waals surface area contributed by atoms with Gasteiger partial charge in [0.05, 0.1) is 0 Å². The first-order chi connectivity index (χ1) is 6.05. The maximum Gasteiger partial charge on any atom is 0.588 e. The summed E-state index contributed by atoms with van der Waals surface area (Å²) >= 11 is -1.35. The van der Waals surface area contributed by atoms with E-state index in [0.29, 0.717) is 0 Å². The lowest BCUT2D eigenvalue weighted by molar-refractivity contribution is 0.300. The summed E-state index contributed by atoms with van der Waals surface area (Å²) in [7, 11) is 0. The standard InChI is InChI=1S/2C4H9.C3H7NO.Al/c2*1-4(2)3;1-3(2)4-5;/h2*1-3H3;5H,1-2H3;/q;;;+1/p-1. The predicted molar refractivity (Wildman–Crippen MR) is 65.1 cm³/mol. The summed E-state index contributed by atoms with van der Waals surface area (Å²) in [5.74, 6) is 0. The van der Waals surface area contributed by atoms with E-state index in [1.54, 1.807) is 0 Å². The SMILES string of the molecule is CC(C)=N[O][Al]([C](C)(C)C)[C](C)(C)C. The van der Waals surface area contributed by atoms with E-state index < -0.39 is 14.5 Å². The predicted octanol–water partition coefficient (Wildman–Crippen LogP) is 3.99. The Morgan fingerprint density at radius 3 is 1.50 bits per heavy atom. The molecule has 0 radical (unpaired) electrons. The number of nitrogens with zero attached hydrogens (tertiary/aromatic N) is 1. The third kappa shape index (κ3) is 5.03. The van der Waals surface area contributed by atoms with Crippen molar-refractivity contribution in [2.45, 2.75) is 63.9 Å². The van der Waals surface area contributed by atoms with Crippen molar-refractivity contribution in [2.75, 3.05) is 0 Å². The summed E-state index contributed by atoms with van der Waals surface area (Å²) in [6.07, 6.45) is 0. The maximum absolute atomic E-state index is 5.76. The summed E-state index contributed by atoms with van der Waals surface area (Å²) < 4.78 is 6.25. The summed E-state index contributed by atoms with van der Waals surface area (Å²) in [5.41, 5.74) is 0.996. The molecule has 0 fully saturated rings. The van der Waals surface area contributed by atoms with Gasteiger partial charge in [0.15, 0.2) is 0 Å². The van der Waals surface area contributed by atoms with Crippen LogP contribution in [-0.2, 0) is 3.89 Å². The third-order valence-corrected chi connectivity index (χ3v) is 5.38. The molecule has 0 aliphatic heterocycles. The molecule has 3 heteroatoms. The Morgan fingerprint density at radius 2 is 1.29 bits per heavy atom. The molecule has 0 heterocycles. The van der Waals surface area contributed by atoms with E-state index in [2.05, 4.69) is 46.7 Å². The van der Waals surface area contributed by atoms with Crippen LogP contribution in [-0.4, -0.2) is 20.2 Å². The van der Waals surface area contributed by atoms with Crippen molar-refractivity contribution in [2.24, 2.45) is 5.16 Å². The molecule has 0 aromatic carbocycles. The molecule has 0 bridgehead atoms. The average molecular weight is 213 g/mol. The molecule has 0 aliphatic rings. The van der Waals surface area contributed by atoms with Crippen molar-refractivity contribution in [3.05, 3.63) is 0 Å². The van der Waals surface area contributed by atoms with Gasteiger partial charge in [-0.3, -0.25) is 0 Å². The Hall–Kier alpha value is 0.00247. The van der Waals surface area contributed by atoms with Crippen LogP contribution in [0, 0.1) is 0 Å². The lowest BCUT2D eigenvalue weighted by atomic mass is 10.2. The van der Waals surface area contributed by atoms with Crippen LogP contribution < -0.4 is 0 Å². The molecule has 0 amide bonds. The molecular weight excluding hydrogens is 189 g/mol. The highest BCUT2D eigenvalue weighted by atomic mass is 27.2. The van der Waals surface area contributed by atoms with Crippen LogP contribution in [0.25, 0.3) is 0 Å². The Kier molecular flexibility index (Phi) is 4.68. The van der Waals surface area contributed by atoms with Gasteiger partial charge in [0.2, 0.25) is 0 Å². The lowest BCUT2D eigenvalue weighted by Gasteiger charge is -2.32. The zero-order valence-corrected chi connectivity index (χ0v) is 12.1. The van der Waals surface area contributed by atoms with Crippen LogP contribution in [0.5, 0.6) is 0 Å². The minimum absolute atomic E-state index is 0.247. The van der Waals surface area contributed by atoms with Gasteiger partial charge in [0.25, 0.3) is 0 Å². The van der Waals surface area contributed by atoms with Crippen LogP contribution in [0.3, 0.4) is 0 Å². The van der Waals surface area contributed by atoms with Crippen LogP contribution >= 0.6 is 0 Å². The molecule has 0 aromatic heterocycles. The minimum Gasteiger partial charge on any atom is -0.543 e. The topological polar surface area (TPSA) is 21.6 Å². The fraction of sp³-hybridized carbons (Fsp3) is 0.909. The smallest absolute Gasteiger partial charge is 0.543 e. The van der Waals surface area contributed by atoms with E-state index in [1.165, 1.54) is 0 Å². The second kappa shape index (κ2) is 4.68. The van der Waals surface area contributed by atoms with Crippen LogP contribution in [0.15, 0.2) is 5.16 Å². The van der Waals surface area contributed by atoms with Gasteiger partial charge in [-0.1, -0.05) is 41.5 Å². The molecule has 0 spiro atoms. The first kappa shape index (κ1) is 14.0. The Bertz CT molecular complexity index is 192. The van der Waals surface area contributed by atoms with Crippen molar-refractivity contribution in [1.82, 2.24) is 0 Å². The zero-order chi connectivity index (χ0) is 11.6. The van der Waals surface area contributed by atoms with Gasteiger partial charge in [-0.15, -0.1) is 5.16 Å². The number of hydrogen-bond donors (Lipinski definition) is 0. The van der Waals surface area contributed by atoms with Gasteiger partial charge in [-0.2, -0.15) is 0 Å². The highest BCUT2D eigenvalue weighted by Crippen LogP contribution is 2.42. The molecule has 0 unspecified atom stereocenters. The molecule has 0 atom stereocenters. The van der Waals surface area contributed by atoms with Crippen LogP contribution in [0.4, 0.5) is 0 Å². The first-order valence-corrected chi connectivity index (χ1v) is 6.85. The maximum atomic E-state index is 5.76. The Morgan fingerprint density at radius 1 is 0.929 bits per heavy atom. The summed E-state index contributed by atoms with van der Waals surface area (Å²) in [5, 5.41) is 4.14. The van der Waals surface area contributed by atoms with Crippen molar-refractivity contribution in [3.63, 3.8) is 0 Å². The van der Waals surface area contributed by atoms with Crippen molar-refractivity contribution in [3.8, 4) is 0 Å². The van der Waals surface area contributed by atoms with Crippen molar-refractivity contribution >= 4 is 20.2 Å². The highest BCUT2D eigenvalue weighted by Gasteiger charge is 2.48. The number of rotatable bonds is 2. The van der Waals surface area contributed by atoms with E-state index >= 15 is 0 Å². The number of hydrogen-bond acceptors (Lipinski definition) is 2. The van der Waals surface area contributed by atoms with E-state index in [1.807, 2.05) is 13.8 Å². The molecule has 82 valence electrons. The number of oxime groups is 1. The van der Waals surface area contributed by atoms with E-state index in [4.69, 9.17) is 3.89 Å². The van der Waals surface area contributed by atoms with Gasteiger partial charge >= 0.3 is 14.5 Å². The normalized spacial score (nSPS) is 12.3. The van der Waals surface area contributed by atoms with E-state index in [0.717, 1.165) is 5.71 Å². The second-order valence-corrected chi connectivity index (χ2v) is 10.7. The molecule has 2 nitrogen and oxygen atoms in total. The average Bonchev–Trinajstić information content (AvgIpc) is 1.78. The van der Waals surface area contributed by atoms with Gasteiger partial charge < -0.3 is 3.89 Å². The monoisotopic (exact) mass is 213 g/mol. The lowest BCUT2D eigenvalue weighted by Crippen LogP contribution is -2.37. The minimum atomic E-state index is -1.35. The van der Waals surface area contributed by atoms with E-state index in [9.17, 15) is 0 Å².